The number of halogens is 2. The maximum absolute atomic E-state index is 12.7. The van der Waals surface area contributed by atoms with E-state index in [1.165, 1.54) is 5.56 Å². The molecule has 6 heteroatoms. The predicted molar refractivity (Wildman–Crippen MR) is 103 cm³/mol. The fourth-order valence-electron chi connectivity index (χ4n) is 3.20. The van der Waals surface area contributed by atoms with E-state index in [1.807, 2.05) is 39.8 Å². The number of carbonyl (C=O) groups is 1. The lowest BCUT2D eigenvalue weighted by molar-refractivity contribution is -0.171. The second-order valence-electron chi connectivity index (χ2n) is 7.05. The first-order valence-corrected chi connectivity index (χ1v) is 8.96. The van der Waals surface area contributed by atoms with Crippen molar-refractivity contribution in [2.45, 2.75) is 58.2 Å². The summed E-state index contributed by atoms with van der Waals surface area (Å²) in [5.74, 6) is -0.0805. The molecule has 3 unspecified atom stereocenters. The minimum absolute atomic E-state index is 0. The minimum Gasteiger partial charge on any atom is -0.378 e. The molecular formula is C18H28BrClN2O2. The molecular weight excluding hydrogens is 392 g/mol. The maximum atomic E-state index is 12.7. The van der Waals surface area contributed by atoms with Gasteiger partial charge < -0.3 is 15.8 Å². The largest absolute Gasteiger partial charge is 0.378 e. The molecule has 1 aliphatic carbocycles. The van der Waals surface area contributed by atoms with Gasteiger partial charge >= 0.3 is 0 Å². The quantitative estimate of drug-likeness (QED) is 0.742. The highest BCUT2D eigenvalue weighted by Gasteiger charge is 2.62. The molecule has 1 saturated carbocycles. The molecule has 0 spiro atoms. The Hall–Kier alpha value is -0.620. The van der Waals surface area contributed by atoms with Crippen LogP contribution >= 0.6 is 28.3 Å². The summed E-state index contributed by atoms with van der Waals surface area (Å²) in [6, 6.07) is 8.17. The molecule has 2 rings (SSSR count). The molecule has 0 radical (unpaired) electrons. The summed E-state index contributed by atoms with van der Waals surface area (Å²) in [6.45, 7) is 8.64. The number of nitrogens with two attached hydrogens (primary N) is 1. The molecule has 24 heavy (non-hydrogen) atoms. The van der Waals surface area contributed by atoms with Crippen molar-refractivity contribution in [3.63, 3.8) is 0 Å². The van der Waals surface area contributed by atoms with Gasteiger partial charge in [-0.1, -0.05) is 41.9 Å². The Kier molecular flexibility index (Phi) is 7.29. The Morgan fingerprint density at radius 3 is 2.50 bits per heavy atom. The third-order valence-corrected chi connectivity index (χ3v) is 5.60. The van der Waals surface area contributed by atoms with Crippen LogP contribution in [0.2, 0.25) is 0 Å². The van der Waals surface area contributed by atoms with Gasteiger partial charge in [0.05, 0.1) is 6.10 Å². The number of amides is 1. The fourth-order valence-corrected chi connectivity index (χ4v) is 3.46. The second kappa shape index (κ2) is 8.17. The Bertz CT molecular complexity index is 565. The molecule has 0 saturated heterocycles. The van der Waals surface area contributed by atoms with Crippen molar-refractivity contribution in [1.29, 1.82) is 0 Å². The summed E-state index contributed by atoms with van der Waals surface area (Å²) in [4.78, 5) is 12.7. The van der Waals surface area contributed by atoms with E-state index < -0.39 is 5.54 Å². The Morgan fingerprint density at radius 1 is 1.42 bits per heavy atom. The Morgan fingerprint density at radius 2 is 2.00 bits per heavy atom. The molecule has 1 fully saturated rings. The zero-order chi connectivity index (χ0) is 17.3. The number of hydrogen-bond donors (Lipinski definition) is 2. The number of carbonyl (C=O) groups excluding carboxylic acids is 1. The van der Waals surface area contributed by atoms with Crippen molar-refractivity contribution < 1.29 is 9.53 Å². The zero-order valence-corrected chi connectivity index (χ0v) is 17.2. The number of ether oxygens (including phenoxy) is 1. The molecule has 3 N–H and O–H groups in total. The highest BCUT2D eigenvalue weighted by atomic mass is 79.9. The SMILES string of the molecule is CCOC1CC(N)(C(=O)NC(C)Cc2ccc(Br)cc2)C1(C)C.Cl. The van der Waals surface area contributed by atoms with Crippen LogP contribution in [0, 0.1) is 5.41 Å². The van der Waals surface area contributed by atoms with E-state index >= 15 is 0 Å². The topological polar surface area (TPSA) is 64.3 Å². The summed E-state index contributed by atoms with van der Waals surface area (Å²) in [6.07, 6.45) is 1.40. The fraction of sp³-hybridized carbons (Fsp3) is 0.611. The smallest absolute Gasteiger partial charge is 0.241 e. The molecule has 3 atom stereocenters. The van der Waals surface area contributed by atoms with Crippen molar-refractivity contribution in [3.05, 3.63) is 34.3 Å². The van der Waals surface area contributed by atoms with Crippen LogP contribution in [0.5, 0.6) is 0 Å². The lowest BCUT2D eigenvalue weighted by Crippen LogP contribution is -2.76. The van der Waals surface area contributed by atoms with Gasteiger partial charge in [-0.05, 0) is 38.0 Å². The summed E-state index contributed by atoms with van der Waals surface area (Å²) < 4.78 is 6.74. The van der Waals surface area contributed by atoms with Gasteiger partial charge in [-0.25, -0.2) is 0 Å². The molecule has 4 nitrogen and oxygen atoms in total. The number of nitrogens with one attached hydrogen (secondary N) is 1. The van der Waals surface area contributed by atoms with Gasteiger partial charge in [0.2, 0.25) is 5.91 Å². The first-order valence-electron chi connectivity index (χ1n) is 8.16. The van der Waals surface area contributed by atoms with Gasteiger partial charge in [-0.3, -0.25) is 4.79 Å². The lowest BCUT2D eigenvalue weighted by atomic mass is 9.54. The van der Waals surface area contributed by atoms with Crippen LogP contribution in [0.3, 0.4) is 0 Å². The first-order chi connectivity index (χ1) is 10.7. The van der Waals surface area contributed by atoms with E-state index in [9.17, 15) is 4.79 Å². The zero-order valence-electron chi connectivity index (χ0n) is 14.8. The minimum atomic E-state index is -0.860. The highest BCUT2D eigenvalue weighted by molar-refractivity contribution is 9.10. The number of rotatable bonds is 6. The Balaban J connectivity index is 0.00000288. The third kappa shape index (κ3) is 4.13. The molecule has 1 aromatic rings. The van der Waals surface area contributed by atoms with Crippen molar-refractivity contribution in [3.8, 4) is 0 Å². The summed E-state index contributed by atoms with van der Waals surface area (Å²) in [5, 5.41) is 3.07. The number of benzene rings is 1. The molecule has 0 bridgehead atoms. The van der Waals surface area contributed by atoms with Crippen LogP contribution in [-0.2, 0) is 16.0 Å². The van der Waals surface area contributed by atoms with E-state index in [2.05, 4.69) is 33.4 Å². The monoisotopic (exact) mass is 418 g/mol. The first kappa shape index (κ1) is 21.4. The molecule has 0 aromatic heterocycles. The molecule has 1 aromatic carbocycles. The molecule has 0 aliphatic heterocycles. The van der Waals surface area contributed by atoms with Crippen LogP contribution in [-0.4, -0.2) is 30.2 Å². The molecule has 1 amide bonds. The van der Waals surface area contributed by atoms with E-state index in [0.717, 1.165) is 10.9 Å². The van der Waals surface area contributed by atoms with Gasteiger partial charge in [-0.2, -0.15) is 0 Å². The van der Waals surface area contributed by atoms with Gasteiger partial charge in [0.25, 0.3) is 0 Å². The lowest BCUT2D eigenvalue weighted by Gasteiger charge is -2.57. The van der Waals surface area contributed by atoms with Crippen LogP contribution in [0.25, 0.3) is 0 Å². The van der Waals surface area contributed by atoms with Crippen molar-refractivity contribution in [2.24, 2.45) is 11.1 Å². The summed E-state index contributed by atoms with van der Waals surface area (Å²) in [7, 11) is 0. The standard InChI is InChI=1S/C18H27BrN2O2.ClH/c1-5-23-15-11-18(20,17(15,3)4)16(22)21-12(2)10-13-6-8-14(19)9-7-13;/h6-9,12,15H,5,10-11,20H2,1-4H3,(H,21,22);1H. The Labute approximate surface area is 159 Å². The van der Waals surface area contributed by atoms with Crippen LogP contribution in [0.1, 0.15) is 39.7 Å². The highest BCUT2D eigenvalue weighted by Crippen LogP contribution is 2.49. The predicted octanol–water partition coefficient (Wildman–Crippen LogP) is 3.45. The molecule has 1 aliphatic rings. The number of hydrogen-bond acceptors (Lipinski definition) is 3. The maximum Gasteiger partial charge on any atom is 0.241 e. The molecule has 0 heterocycles. The summed E-state index contributed by atoms with van der Waals surface area (Å²) >= 11 is 3.43. The van der Waals surface area contributed by atoms with Gasteiger partial charge in [0, 0.05) is 29.0 Å². The van der Waals surface area contributed by atoms with Crippen molar-refractivity contribution in [1.82, 2.24) is 5.32 Å². The van der Waals surface area contributed by atoms with E-state index in [-0.39, 0.29) is 35.9 Å². The van der Waals surface area contributed by atoms with Gasteiger partial charge in [0.15, 0.2) is 0 Å². The normalized spacial score (nSPS) is 26.0. The third-order valence-electron chi connectivity index (χ3n) is 5.07. The van der Waals surface area contributed by atoms with Crippen LogP contribution < -0.4 is 11.1 Å². The average Bonchev–Trinajstić information content (AvgIpc) is 2.49. The van der Waals surface area contributed by atoms with Crippen LogP contribution in [0.4, 0.5) is 0 Å². The van der Waals surface area contributed by atoms with E-state index in [4.69, 9.17) is 10.5 Å². The van der Waals surface area contributed by atoms with Crippen LogP contribution in [0.15, 0.2) is 28.7 Å². The van der Waals surface area contributed by atoms with Crippen molar-refractivity contribution >= 4 is 34.2 Å². The van der Waals surface area contributed by atoms with E-state index in [0.29, 0.717) is 13.0 Å². The average molecular weight is 420 g/mol. The summed E-state index contributed by atoms with van der Waals surface area (Å²) in [5.41, 5.74) is 6.38. The van der Waals surface area contributed by atoms with E-state index in [1.54, 1.807) is 0 Å². The van der Waals surface area contributed by atoms with Crippen molar-refractivity contribution in [2.75, 3.05) is 6.61 Å². The van der Waals surface area contributed by atoms with Gasteiger partial charge in [-0.15, -0.1) is 12.4 Å². The van der Waals surface area contributed by atoms with Gasteiger partial charge in [0.1, 0.15) is 5.54 Å². The second-order valence-corrected chi connectivity index (χ2v) is 7.96. The molecule has 136 valence electrons.